The monoisotopic (exact) mass is 279 g/mol. The van der Waals surface area contributed by atoms with Crippen molar-refractivity contribution in [2.24, 2.45) is 11.1 Å². The summed E-state index contributed by atoms with van der Waals surface area (Å²) in [6, 6.07) is 8.42. The fraction of sp³-hybridized carbons (Fsp3) is 0.571. The van der Waals surface area contributed by atoms with Gasteiger partial charge in [-0.2, -0.15) is 0 Å². The summed E-state index contributed by atoms with van der Waals surface area (Å²) in [6.07, 6.45) is 7.98. The molecule has 0 aromatic heterocycles. The molecule has 0 unspecified atom stereocenters. The number of nitrogens with two attached hydrogens (primary N) is 1. The van der Waals surface area contributed by atoms with Crippen LogP contribution in [0.25, 0.3) is 0 Å². The van der Waals surface area contributed by atoms with Crippen molar-refractivity contribution in [3.8, 4) is 0 Å². The van der Waals surface area contributed by atoms with Crippen LogP contribution in [0.15, 0.2) is 28.7 Å². The maximum Gasteiger partial charge on any atom is 0.0431 e. The molecule has 1 spiro atoms. The molecule has 2 saturated carbocycles. The van der Waals surface area contributed by atoms with Gasteiger partial charge in [-0.15, -0.1) is 0 Å². The van der Waals surface area contributed by atoms with Crippen LogP contribution < -0.4 is 5.73 Å². The Morgan fingerprint density at radius 1 is 1.06 bits per heavy atom. The molecule has 2 N–H and O–H groups in total. The summed E-state index contributed by atoms with van der Waals surface area (Å²) in [6.45, 7) is 0. The van der Waals surface area contributed by atoms with E-state index in [2.05, 4.69) is 40.2 Å². The summed E-state index contributed by atoms with van der Waals surface area (Å²) in [5.41, 5.74) is 8.38. The van der Waals surface area contributed by atoms with E-state index in [1.807, 2.05) is 0 Å². The maximum absolute atomic E-state index is 6.55. The van der Waals surface area contributed by atoms with E-state index in [0.717, 1.165) is 0 Å². The topological polar surface area (TPSA) is 26.0 Å². The van der Waals surface area contributed by atoms with Gasteiger partial charge in [-0.05, 0) is 42.7 Å². The summed E-state index contributed by atoms with van der Waals surface area (Å²) in [5.74, 6) is 0. The van der Waals surface area contributed by atoms with E-state index in [-0.39, 0.29) is 5.54 Å². The molecule has 16 heavy (non-hydrogen) atoms. The normalized spacial score (nSPS) is 25.6. The Bertz CT molecular complexity index is 399. The van der Waals surface area contributed by atoms with Gasteiger partial charge in [0.15, 0.2) is 0 Å². The van der Waals surface area contributed by atoms with Gasteiger partial charge in [-0.3, -0.25) is 0 Å². The highest BCUT2D eigenvalue weighted by atomic mass is 79.9. The molecule has 86 valence electrons. The molecular weight excluding hydrogens is 262 g/mol. The van der Waals surface area contributed by atoms with Crippen LogP contribution in [0.2, 0.25) is 0 Å². The van der Waals surface area contributed by atoms with Crippen LogP contribution >= 0.6 is 15.9 Å². The lowest BCUT2D eigenvalue weighted by Gasteiger charge is -2.53. The van der Waals surface area contributed by atoms with Gasteiger partial charge in [0.2, 0.25) is 0 Å². The molecule has 2 aliphatic rings. The molecule has 2 heteroatoms. The molecule has 2 aliphatic carbocycles. The van der Waals surface area contributed by atoms with Crippen LogP contribution in [-0.4, -0.2) is 0 Å². The zero-order valence-electron chi connectivity index (χ0n) is 9.51. The first kappa shape index (κ1) is 10.8. The van der Waals surface area contributed by atoms with Crippen LogP contribution in [0.5, 0.6) is 0 Å². The Morgan fingerprint density at radius 3 is 2.31 bits per heavy atom. The second-order valence-corrected chi connectivity index (χ2v) is 6.55. The molecule has 0 aliphatic heterocycles. The van der Waals surface area contributed by atoms with E-state index in [1.54, 1.807) is 0 Å². The van der Waals surface area contributed by atoms with Crippen molar-refractivity contribution in [3.63, 3.8) is 0 Å². The van der Waals surface area contributed by atoms with Gasteiger partial charge in [0.25, 0.3) is 0 Å². The molecule has 1 aromatic rings. The number of rotatable bonds is 1. The van der Waals surface area contributed by atoms with Crippen molar-refractivity contribution in [2.75, 3.05) is 0 Å². The van der Waals surface area contributed by atoms with Gasteiger partial charge >= 0.3 is 0 Å². The summed E-state index contributed by atoms with van der Waals surface area (Å²) >= 11 is 3.62. The van der Waals surface area contributed by atoms with Crippen molar-refractivity contribution in [2.45, 2.75) is 44.1 Å². The SMILES string of the molecule is NC1(c2ccccc2Br)CC2(CCCC2)C1. The van der Waals surface area contributed by atoms with E-state index in [0.29, 0.717) is 5.41 Å². The Morgan fingerprint density at radius 2 is 1.69 bits per heavy atom. The first-order chi connectivity index (χ1) is 7.64. The molecule has 1 aromatic carbocycles. The predicted molar refractivity (Wildman–Crippen MR) is 70.1 cm³/mol. The van der Waals surface area contributed by atoms with Crippen LogP contribution in [0.3, 0.4) is 0 Å². The zero-order chi connectivity index (χ0) is 11.2. The van der Waals surface area contributed by atoms with E-state index >= 15 is 0 Å². The van der Waals surface area contributed by atoms with Crippen LogP contribution in [0.4, 0.5) is 0 Å². The number of hydrogen-bond donors (Lipinski definition) is 1. The van der Waals surface area contributed by atoms with E-state index in [9.17, 15) is 0 Å². The predicted octanol–water partition coefficient (Wildman–Crippen LogP) is 3.96. The lowest BCUT2D eigenvalue weighted by Crippen LogP contribution is -2.54. The Hall–Kier alpha value is -0.340. The van der Waals surface area contributed by atoms with Gasteiger partial charge < -0.3 is 5.73 Å². The largest absolute Gasteiger partial charge is 0.321 e. The standard InChI is InChI=1S/C14H18BrN/c15-12-6-2-1-5-11(12)14(16)9-13(10-14)7-3-4-8-13/h1-2,5-6H,3-4,7-10,16H2. The van der Waals surface area contributed by atoms with Crippen LogP contribution in [0, 0.1) is 5.41 Å². The number of halogens is 1. The number of benzene rings is 1. The highest BCUT2D eigenvalue weighted by molar-refractivity contribution is 9.10. The molecule has 0 atom stereocenters. The van der Waals surface area contributed by atoms with Crippen molar-refractivity contribution in [3.05, 3.63) is 34.3 Å². The smallest absolute Gasteiger partial charge is 0.0431 e. The van der Waals surface area contributed by atoms with Crippen molar-refractivity contribution < 1.29 is 0 Å². The van der Waals surface area contributed by atoms with E-state index in [1.165, 1.54) is 48.6 Å². The molecule has 0 radical (unpaired) electrons. The number of hydrogen-bond acceptors (Lipinski definition) is 1. The average molecular weight is 280 g/mol. The van der Waals surface area contributed by atoms with Crippen molar-refractivity contribution in [1.82, 2.24) is 0 Å². The Kier molecular flexibility index (Phi) is 2.41. The van der Waals surface area contributed by atoms with Gasteiger partial charge in [-0.25, -0.2) is 0 Å². The third-order valence-electron chi connectivity index (χ3n) is 4.46. The molecule has 0 saturated heterocycles. The fourth-order valence-electron chi connectivity index (χ4n) is 3.82. The molecule has 0 heterocycles. The fourth-order valence-corrected chi connectivity index (χ4v) is 4.50. The van der Waals surface area contributed by atoms with Gasteiger partial charge in [0.1, 0.15) is 0 Å². The lowest BCUT2D eigenvalue weighted by atomic mass is 9.55. The molecule has 0 bridgehead atoms. The first-order valence-electron chi connectivity index (χ1n) is 6.18. The van der Waals surface area contributed by atoms with Crippen LogP contribution in [0.1, 0.15) is 44.1 Å². The molecular formula is C14H18BrN. The molecule has 3 rings (SSSR count). The van der Waals surface area contributed by atoms with Crippen molar-refractivity contribution >= 4 is 15.9 Å². The molecule has 2 fully saturated rings. The average Bonchev–Trinajstić information content (AvgIpc) is 2.66. The van der Waals surface area contributed by atoms with E-state index in [4.69, 9.17) is 5.73 Å². The molecule has 0 amide bonds. The molecule has 1 nitrogen and oxygen atoms in total. The summed E-state index contributed by atoms with van der Waals surface area (Å²) in [4.78, 5) is 0. The summed E-state index contributed by atoms with van der Waals surface area (Å²) in [7, 11) is 0. The highest BCUT2D eigenvalue weighted by Gasteiger charge is 2.54. The van der Waals surface area contributed by atoms with Crippen LogP contribution in [-0.2, 0) is 5.54 Å². The minimum atomic E-state index is -0.0650. The first-order valence-corrected chi connectivity index (χ1v) is 6.97. The van der Waals surface area contributed by atoms with Crippen molar-refractivity contribution in [1.29, 1.82) is 0 Å². The van der Waals surface area contributed by atoms with E-state index < -0.39 is 0 Å². The quantitative estimate of drug-likeness (QED) is 0.828. The maximum atomic E-state index is 6.55. The summed E-state index contributed by atoms with van der Waals surface area (Å²) < 4.78 is 1.17. The highest BCUT2D eigenvalue weighted by Crippen LogP contribution is 2.61. The minimum Gasteiger partial charge on any atom is -0.321 e. The minimum absolute atomic E-state index is 0.0650. The zero-order valence-corrected chi connectivity index (χ0v) is 11.1. The van der Waals surface area contributed by atoms with Gasteiger partial charge in [-0.1, -0.05) is 47.0 Å². The van der Waals surface area contributed by atoms with Gasteiger partial charge in [0.05, 0.1) is 0 Å². The lowest BCUT2D eigenvalue weighted by molar-refractivity contribution is 0.0308. The Labute approximate surface area is 106 Å². The second-order valence-electron chi connectivity index (χ2n) is 5.70. The second kappa shape index (κ2) is 3.58. The third kappa shape index (κ3) is 1.54. The Balaban J connectivity index is 1.84. The van der Waals surface area contributed by atoms with Gasteiger partial charge in [0, 0.05) is 10.0 Å². The third-order valence-corrected chi connectivity index (χ3v) is 5.15. The summed E-state index contributed by atoms with van der Waals surface area (Å²) in [5, 5.41) is 0.